The molecule has 11 nitrogen and oxygen atoms in total. The normalized spacial score (nSPS) is 19.0. The van der Waals surface area contributed by atoms with Gasteiger partial charge in [-0.3, -0.25) is 14.4 Å². The first-order valence-electron chi connectivity index (χ1n) is 10.5. The van der Waals surface area contributed by atoms with Crippen molar-refractivity contribution in [3.63, 3.8) is 0 Å². The molecule has 31 heavy (non-hydrogen) atoms. The van der Waals surface area contributed by atoms with Gasteiger partial charge in [0.15, 0.2) is 0 Å². The highest BCUT2D eigenvalue weighted by molar-refractivity contribution is 5.94. The van der Waals surface area contributed by atoms with Crippen LogP contribution in [0.1, 0.15) is 45.7 Å². The number of carbonyl (C=O) groups is 4. The molecule has 2 heterocycles. The molecule has 1 fully saturated rings. The van der Waals surface area contributed by atoms with Gasteiger partial charge in [-0.15, -0.1) is 0 Å². The zero-order valence-corrected chi connectivity index (χ0v) is 18.1. The van der Waals surface area contributed by atoms with E-state index in [-0.39, 0.29) is 18.2 Å². The maximum Gasteiger partial charge on any atom is 0.326 e. The number of aromatic nitrogens is 2. The Morgan fingerprint density at radius 1 is 1.26 bits per heavy atom. The van der Waals surface area contributed by atoms with E-state index >= 15 is 0 Å². The van der Waals surface area contributed by atoms with Gasteiger partial charge in [-0.2, -0.15) is 0 Å². The molecule has 0 radical (unpaired) electrons. The van der Waals surface area contributed by atoms with Crippen molar-refractivity contribution >= 4 is 23.7 Å². The molecule has 2 rings (SSSR count). The van der Waals surface area contributed by atoms with Crippen molar-refractivity contribution in [1.29, 1.82) is 0 Å². The second-order valence-corrected chi connectivity index (χ2v) is 8.35. The first kappa shape index (κ1) is 24.3. The van der Waals surface area contributed by atoms with E-state index < -0.39 is 42.0 Å². The van der Waals surface area contributed by atoms with E-state index in [9.17, 15) is 24.3 Å². The lowest BCUT2D eigenvalue weighted by Crippen LogP contribution is -2.57. The summed E-state index contributed by atoms with van der Waals surface area (Å²) in [5, 5.41) is 14.7. The van der Waals surface area contributed by atoms with Crippen LogP contribution in [0.4, 0.5) is 0 Å². The molecular weight excluding hydrogens is 404 g/mol. The van der Waals surface area contributed by atoms with Crippen LogP contribution in [0.25, 0.3) is 0 Å². The topological polar surface area (TPSA) is 171 Å². The smallest absolute Gasteiger partial charge is 0.326 e. The Labute approximate surface area is 181 Å². The molecular formula is C20H32N6O5. The molecule has 172 valence electrons. The molecule has 1 aromatic heterocycles. The number of nitrogens with two attached hydrogens (primary N) is 1. The van der Waals surface area contributed by atoms with Crippen molar-refractivity contribution in [3.8, 4) is 0 Å². The average Bonchev–Trinajstić information content (AvgIpc) is 3.37. The summed E-state index contributed by atoms with van der Waals surface area (Å²) in [6.45, 7) is 5.75. The fourth-order valence-corrected chi connectivity index (χ4v) is 3.58. The van der Waals surface area contributed by atoms with Gasteiger partial charge in [0.25, 0.3) is 0 Å². The van der Waals surface area contributed by atoms with Gasteiger partial charge in [0.05, 0.1) is 12.4 Å². The first-order valence-corrected chi connectivity index (χ1v) is 10.5. The number of aromatic amines is 1. The molecule has 0 saturated carbocycles. The van der Waals surface area contributed by atoms with E-state index in [1.54, 1.807) is 0 Å². The number of hydrogen-bond donors (Lipinski definition) is 5. The van der Waals surface area contributed by atoms with Gasteiger partial charge in [-0.05, 0) is 32.1 Å². The molecule has 3 amide bonds. The second kappa shape index (κ2) is 10.9. The Hall–Kier alpha value is -2.95. The predicted octanol–water partition coefficient (Wildman–Crippen LogP) is -0.609. The quantitative estimate of drug-likeness (QED) is 0.326. The molecule has 1 aromatic rings. The number of amides is 3. The molecule has 0 aliphatic carbocycles. The maximum absolute atomic E-state index is 13.2. The molecule has 4 atom stereocenters. The Morgan fingerprint density at radius 3 is 2.52 bits per heavy atom. The Morgan fingerprint density at radius 2 is 1.97 bits per heavy atom. The van der Waals surface area contributed by atoms with Crippen LogP contribution in [0.15, 0.2) is 12.5 Å². The molecule has 1 aliphatic heterocycles. The minimum absolute atomic E-state index is 0.0438. The number of H-pyrrole nitrogens is 1. The maximum atomic E-state index is 13.2. The lowest BCUT2D eigenvalue weighted by atomic mass is 10.0. The predicted molar refractivity (Wildman–Crippen MR) is 112 cm³/mol. The molecule has 11 heteroatoms. The fourth-order valence-electron chi connectivity index (χ4n) is 3.58. The van der Waals surface area contributed by atoms with Crippen molar-refractivity contribution in [2.75, 3.05) is 6.54 Å². The number of carbonyl (C=O) groups excluding carboxylic acids is 3. The Kier molecular flexibility index (Phi) is 8.55. The van der Waals surface area contributed by atoms with E-state index in [1.165, 1.54) is 24.3 Å². The van der Waals surface area contributed by atoms with Crippen molar-refractivity contribution in [3.05, 3.63) is 18.2 Å². The van der Waals surface area contributed by atoms with Gasteiger partial charge in [0.1, 0.15) is 18.1 Å². The second-order valence-electron chi connectivity index (χ2n) is 8.35. The number of likely N-dealkylation sites (tertiary alicyclic amines) is 1. The molecule has 1 saturated heterocycles. The Balaban J connectivity index is 2.10. The van der Waals surface area contributed by atoms with Crippen molar-refractivity contribution < 1.29 is 24.3 Å². The molecule has 1 aliphatic rings. The van der Waals surface area contributed by atoms with Gasteiger partial charge in [-0.25, -0.2) is 9.78 Å². The lowest BCUT2D eigenvalue weighted by molar-refractivity contribution is -0.145. The Bertz CT molecular complexity index is 779. The summed E-state index contributed by atoms with van der Waals surface area (Å²) in [4.78, 5) is 57.9. The van der Waals surface area contributed by atoms with Crippen LogP contribution in [-0.4, -0.2) is 74.4 Å². The molecule has 4 unspecified atom stereocenters. The van der Waals surface area contributed by atoms with Gasteiger partial charge < -0.3 is 31.4 Å². The van der Waals surface area contributed by atoms with Gasteiger partial charge >= 0.3 is 5.97 Å². The van der Waals surface area contributed by atoms with E-state index in [4.69, 9.17) is 5.73 Å². The van der Waals surface area contributed by atoms with Crippen LogP contribution in [0.5, 0.6) is 0 Å². The van der Waals surface area contributed by atoms with Gasteiger partial charge in [0, 0.05) is 24.9 Å². The van der Waals surface area contributed by atoms with Crippen molar-refractivity contribution in [2.45, 2.75) is 70.6 Å². The first-order chi connectivity index (χ1) is 14.6. The third kappa shape index (κ3) is 6.78. The zero-order chi connectivity index (χ0) is 23.1. The van der Waals surface area contributed by atoms with Crippen LogP contribution in [-0.2, 0) is 25.6 Å². The number of nitrogens with one attached hydrogen (secondary N) is 3. The summed E-state index contributed by atoms with van der Waals surface area (Å²) in [7, 11) is 0. The summed E-state index contributed by atoms with van der Waals surface area (Å²) in [6, 6.07) is -3.51. The molecule has 0 bridgehead atoms. The van der Waals surface area contributed by atoms with Crippen LogP contribution in [0, 0.1) is 5.92 Å². The van der Waals surface area contributed by atoms with E-state index in [0.717, 1.165) is 0 Å². The van der Waals surface area contributed by atoms with Crippen molar-refractivity contribution in [1.82, 2.24) is 25.5 Å². The summed E-state index contributed by atoms with van der Waals surface area (Å²) in [6.07, 6.45) is 4.40. The summed E-state index contributed by atoms with van der Waals surface area (Å²) >= 11 is 0. The highest BCUT2D eigenvalue weighted by Crippen LogP contribution is 2.21. The van der Waals surface area contributed by atoms with Crippen molar-refractivity contribution in [2.24, 2.45) is 11.7 Å². The van der Waals surface area contributed by atoms with E-state index in [2.05, 4.69) is 20.6 Å². The highest BCUT2D eigenvalue weighted by Gasteiger charge is 2.39. The number of nitrogens with zero attached hydrogens (tertiary/aromatic N) is 2. The number of carboxylic acids is 1. The minimum Gasteiger partial charge on any atom is -0.480 e. The number of hydrogen-bond acceptors (Lipinski definition) is 6. The molecule has 0 aromatic carbocycles. The largest absolute Gasteiger partial charge is 0.480 e. The fraction of sp³-hybridized carbons (Fsp3) is 0.650. The standard InChI is InChI=1S/C20H32N6O5/c1-11(2)7-14(24-17(27)12(3)21)19(29)26-6-4-5-16(26)18(28)25-15(20(30)31)8-13-9-22-10-23-13/h9-12,14-16H,4-8,21H2,1-3H3,(H,22,23)(H,24,27)(H,25,28)(H,30,31). The van der Waals surface area contributed by atoms with Crippen LogP contribution in [0.3, 0.4) is 0 Å². The summed E-state index contributed by atoms with van der Waals surface area (Å²) < 4.78 is 0. The average molecular weight is 437 g/mol. The van der Waals surface area contributed by atoms with Gasteiger partial charge in [-0.1, -0.05) is 13.8 Å². The van der Waals surface area contributed by atoms with Crippen LogP contribution in [0.2, 0.25) is 0 Å². The third-order valence-corrected chi connectivity index (χ3v) is 5.17. The SMILES string of the molecule is CC(C)CC(NC(=O)C(C)N)C(=O)N1CCCC1C(=O)NC(Cc1cnc[nH]1)C(=O)O. The third-order valence-electron chi connectivity index (χ3n) is 5.17. The molecule has 0 spiro atoms. The summed E-state index contributed by atoms with van der Waals surface area (Å²) in [5.74, 6) is -2.38. The minimum atomic E-state index is -1.18. The number of imidazole rings is 1. The number of rotatable bonds is 10. The number of aliphatic carboxylic acids is 1. The highest BCUT2D eigenvalue weighted by atomic mass is 16.4. The number of carboxylic acid groups (broad SMARTS) is 1. The monoisotopic (exact) mass is 436 g/mol. The van der Waals surface area contributed by atoms with E-state index in [1.807, 2.05) is 13.8 Å². The summed E-state index contributed by atoms with van der Waals surface area (Å²) in [5.41, 5.74) is 6.19. The van der Waals surface area contributed by atoms with Crippen LogP contribution >= 0.6 is 0 Å². The molecule has 6 N–H and O–H groups in total. The van der Waals surface area contributed by atoms with Crippen LogP contribution < -0.4 is 16.4 Å². The van der Waals surface area contributed by atoms with E-state index in [0.29, 0.717) is 31.5 Å². The lowest BCUT2D eigenvalue weighted by Gasteiger charge is -2.30. The van der Waals surface area contributed by atoms with Gasteiger partial charge in [0.2, 0.25) is 17.7 Å². The zero-order valence-electron chi connectivity index (χ0n) is 18.1.